The molecule has 29 heavy (non-hydrogen) atoms. The van der Waals surface area contributed by atoms with Gasteiger partial charge in [0.25, 0.3) is 0 Å². The van der Waals surface area contributed by atoms with E-state index in [2.05, 4.69) is 22.4 Å². The SMILES string of the molecule is O=C(C=Cc1cnc2ccc(F)cc2c1)CCCCc1ccc2c(n1)NCCC2. The predicted molar refractivity (Wildman–Crippen MR) is 114 cm³/mol. The third-order valence-electron chi connectivity index (χ3n) is 5.18. The Morgan fingerprint density at radius 3 is 3.03 bits per heavy atom. The third kappa shape index (κ3) is 5.05. The Bertz CT molecular complexity index is 1060. The number of nitrogens with one attached hydrogen (secondary N) is 1. The lowest BCUT2D eigenvalue weighted by Gasteiger charge is -2.17. The molecule has 3 aromatic rings. The van der Waals surface area contributed by atoms with Gasteiger partial charge in [-0.15, -0.1) is 0 Å². The number of aryl methyl sites for hydroxylation is 2. The smallest absolute Gasteiger partial charge is 0.155 e. The molecule has 0 amide bonds. The topological polar surface area (TPSA) is 54.9 Å². The van der Waals surface area contributed by atoms with Gasteiger partial charge in [-0.25, -0.2) is 9.37 Å². The minimum atomic E-state index is -0.291. The molecule has 0 saturated carbocycles. The highest BCUT2D eigenvalue weighted by Crippen LogP contribution is 2.20. The molecule has 1 aliphatic heterocycles. The van der Waals surface area contributed by atoms with Crippen molar-refractivity contribution in [3.8, 4) is 0 Å². The highest BCUT2D eigenvalue weighted by atomic mass is 19.1. The van der Waals surface area contributed by atoms with Crippen LogP contribution in [-0.2, 0) is 17.6 Å². The maximum absolute atomic E-state index is 13.4. The Hall–Kier alpha value is -3.08. The highest BCUT2D eigenvalue weighted by Gasteiger charge is 2.10. The number of unbranched alkanes of at least 4 members (excludes halogenated alkanes) is 1. The van der Waals surface area contributed by atoms with Crippen LogP contribution in [0, 0.1) is 5.82 Å². The van der Waals surface area contributed by atoms with Crippen molar-refractivity contribution >= 4 is 28.6 Å². The fourth-order valence-corrected chi connectivity index (χ4v) is 3.60. The van der Waals surface area contributed by atoms with Crippen LogP contribution in [0.2, 0.25) is 0 Å². The first-order chi connectivity index (χ1) is 14.2. The van der Waals surface area contributed by atoms with E-state index < -0.39 is 0 Å². The maximum atomic E-state index is 13.4. The van der Waals surface area contributed by atoms with Gasteiger partial charge in [0.1, 0.15) is 11.6 Å². The summed E-state index contributed by atoms with van der Waals surface area (Å²) < 4.78 is 13.4. The zero-order valence-corrected chi connectivity index (χ0v) is 16.3. The molecule has 0 radical (unpaired) electrons. The first-order valence-corrected chi connectivity index (χ1v) is 10.2. The number of nitrogens with zero attached hydrogens (tertiary/aromatic N) is 2. The monoisotopic (exact) mass is 389 g/mol. The number of carbonyl (C=O) groups excluding carboxylic acids is 1. The molecule has 2 aromatic heterocycles. The van der Waals surface area contributed by atoms with Crippen molar-refractivity contribution in [1.29, 1.82) is 0 Å². The van der Waals surface area contributed by atoms with Crippen molar-refractivity contribution in [2.75, 3.05) is 11.9 Å². The van der Waals surface area contributed by atoms with Crippen molar-refractivity contribution in [3.63, 3.8) is 0 Å². The predicted octanol–water partition coefficient (Wildman–Crippen LogP) is 5.12. The van der Waals surface area contributed by atoms with Gasteiger partial charge in [-0.05, 0) is 85.7 Å². The quantitative estimate of drug-likeness (QED) is 0.450. The average molecular weight is 389 g/mol. The van der Waals surface area contributed by atoms with Crippen LogP contribution in [0.1, 0.15) is 42.5 Å². The number of fused-ring (bicyclic) bond motifs is 2. The Labute approximate surface area is 169 Å². The summed E-state index contributed by atoms with van der Waals surface area (Å²) in [6.07, 6.45) is 10.4. The van der Waals surface area contributed by atoms with E-state index in [1.165, 1.54) is 17.7 Å². The lowest BCUT2D eigenvalue weighted by molar-refractivity contribution is -0.114. The van der Waals surface area contributed by atoms with E-state index in [0.717, 1.165) is 66.6 Å². The number of halogens is 1. The van der Waals surface area contributed by atoms with E-state index in [9.17, 15) is 9.18 Å². The summed E-state index contributed by atoms with van der Waals surface area (Å²) in [5.41, 5.74) is 3.91. The first kappa shape index (κ1) is 19.2. The van der Waals surface area contributed by atoms with E-state index in [4.69, 9.17) is 4.98 Å². The van der Waals surface area contributed by atoms with Crippen LogP contribution in [0.4, 0.5) is 10.2 Å². The molecule has 3 heterocycles. The zero-order chi connectivity index (χ0) is 20.1. The molecule has 148 valence electrons. The van der Waals surface area contributed by atoms with Gasteiger partial charge in [-0.3, -0.25) is 9.78 Å². The fourth-order valence-electron chi connectivity index (χ4n) is 3.60. The maximum Gasteiger partial charge on any atom is 0.155 e. The molecule has 4 nitrogen and oxygen atoms in total. The minimum absolute atomic E-state index is 0.0874. The molecule has 0 unspecified atom stereocenters. The number of rotatable bonds is 7. The second kappa shape index (κ2) is 8.95. The summed E-state index contributed by atoms with van der Waals surface area (Å²) in [6, 6.07) is 10.6. The van der Waals surface area contributed by atoms with E-state index in [0.29, 0.717) is 6.42 Å². The number of allylic oxidation sites excluding steroid dienone is 1. The molecule has 0 spiro atoms. The second-order valence-corrected chi connectivity index (χ2v) is 7.45. The minimum Gasteiger partial charge on any atom is -0.370 e. The van der Waals surface area contributed by atoms with Crippen LogP contribution >= 0.6 is 0 Å². The number of hydrogen-bond donors (Lipinski definition) is 1. The molecule has 0 bridgehead atoms. The molecule has 0 atom stereocenters. The van der Waals surface area contributed by atoms with Crippen LogP contribution in [0.25, 0.3) is 17.0 Å². The zero-order valence-electron chi connectivity index (χ0n) is 16.3. The summed E-state index contributed by atoms with van der Waals surface area (Å²) in [7, 11) is 0. The van der Waals surface area contributed by atoms with E-state index in [1.54, 1.807) is 24.4 Å². The number of aromatic nitrogens is 2. The molecule has 5 heteroatoms. The van der Waals surface area contributed by atoms with Gasteiger partial charge in [-0.1, -0.05) is 6.07 Å². The number of anilines is 1. The molecule has 1 aromatic carbocycles. The number of carbonyl (C=O) groups is 1. The molecular formula is C24H24FN3O. The van der Waals surface area contributed by atoms with Crippen molar-refractivity contribution in [2.45, 2.75) is 38.5 Å². The van der Waals surface area contributed by atoms with Crippen LogP contribution in [0.15, 0.2) is 48.7 Å². The van der Waals surface area contributed by atoms with Crippen LogP contribution < -0.4 is 5.32 Å². The first-order valence-electron chi connectivity index (χ1n) is 10.2. The largest absolute Gasteiger partial charge is 0.370 e. The number of benzene rings is 1. The van der Waals surface area contributed by atoms with Crippen molar-refractivity contribution in [1.82, 2.24) is 9.97 Å². The lowest BCUT2D eigenvalue weighted by atomic mass is 10.0. The number of pyridine rings is 2. The molecule has 1 aliphatic rings. The Morgan fingerprint density at radius 2 is 2.10 bits per heavy atom. The molecule has 0 saturated heterocycles. The molecule has 0 fully saturated rings. The van der Waals surface area contributed by atoms with Gasteiger partial charge < -0.3 is 5.32 Å². The van der Waals surface area contributed by atoms with Gasteiger partial charge in [0.15, 0.2) is 5.78 Å². The van der Waals surface area contributed by atoms with Crippen molar-refractivity contribution in [2.24, 2.45) is 0 Å². The molecule has 0 aliphatic carbocycles. The van der Waals surface area contributed by atoms with Crippen LogP contribution in [-0.4, -0.2) is 22.3 Å². The van der Waals surface area contributed by atoms with Gasteiger partial charge >= 0.3 is 0 Å². The Kier molecular flexibility index (Phi) is 5.94. The summed E-state index contributed by atoms with van der Waals surface area (Å²) in [4.78, 5) is 21.1. The molecular weight excluding hydrogens is 365 g/mol. The van der Waals surface area contributed by atoms with Gasteiger partial charge in [0.05, 0.1) is 5.52 Å². The third-order valence-corrected chi connectivity index (χ3v) is 5.18. The standard InChI is InChI=1S/C24H24FN3O/c25-20-9-12-23-19(15-20)14-17(16-27-23)7-11-22(29)6-2-1-5-21-10-8-18-4-3-13-26-24(18)28-21/h7-12,14-16H,1-6,13H2,(H,26,28). The summed E-state index contributed by atoms with van der Waals surface area (Å²) in [5, 5.41) is 4.09. The van der Waals surface area contributed by atoms with Crippen molar-refractivity contribution in [3.05, 3.63) is 71.3 Å². The van der Waals surface area contributed by atoms with Gasteiger partial charge in [0.2, 0.25) is 0 Å². The van der Waals surface area contributed by atoms with E-state index in [1.807, 2.05) is 6.07 Å². The van der Waals surface area contributed by atoms with Crippen LogP contribution in [0.3, 0.4) is 0 Å². The van der Waals surface area contributed by atoms with E-state index in [-0.39, 0.29) is 11.6 Å². The normalized spacial score (nSPS) is 13.4. The van der Waals surface area contributed by atoms with Gasteiger partial charge in [-0.2, -0.15) is 0 Å². The molecule has 4 rings (SSSR count). The number of ketones is 1. The molecule has 1 N–H and O–H groups in total. The summed E-state index contributed by atoms with van der Waals surface area (Å²) in [5.74, 6) is 0.821. The summed E-state index contributed by atoms with van der Waals surface area (Å²) >= 11 is 0. The summed E-state index contributed by atoms with van der Waals surface area (Å²) in [6.45, 7) is 0.992. The Morgan fingerprint density at radius 1 is 1.17 bits per heavy atom. The lowest BCUT2D eigenvalue weighted by Crippen LogP contribution is -2.14. The second-order valence-electron chi connectivity index (χ2n) is 7.45. The highest BCUT2D eigenvalue weighted by molar-refractivity contribution is 5.94. The van der Waals surface area contributed by atoms with Gasteiger partial charge in [0, 0.05) is 30.2 Å². The van der Waals surface area contributed by atoms with Crippen molar-refractivity contribution < 1.29 is 9.18 Å². The van der Waals surface area contributed by atoms with Crippen LogP contribution in [0.5, 0.6) is 0 Å². The average Bonchev–Trinajstić information content (AvgIpc) is 2.75. The fraction of sp³-hybridized carbons (Fsp3) is 0.292. The Balaban J connectivity index is 1.26. The number of hydrogen-bond acceptors (Lipinski definition) is 4. The van der Waals surface area contributed by atoms with E-state index >= 15 is 0 Å².